The van der Waals surface area contributed by atoms with Crippen molar-refractivity contribution in [3.8, 4) is 22.7 Å². The molecule has 0 aliphatic heterocycles. The van der Waals surface area contributed by atoms with Gasteiger partial charge in [0.25, 0.3) is 0 Å². The normalized spacial score (nSPS) is 12.6. The van der Waals surface area contributed by atoms with E-state index < -0.39 is 11.6 Å². The van der Waals surface area contributed by atoms with Gasteiger partial charge in [0.2, 0.25) is 5.91 Å². The summed E-state index contributed by atoms with van der Waals surface area (Å²) >= 11 is 0. The van der Waals surface area contributed by atoms with Crippen molar-refractivity contribution in [3.05, 3.63) is 105 Å². The van der Waals surface area contributed by atoms with E-state index in [0.29, 0.717) is 30.0 Å². The van der Waals surface area contributed by atoms with Crippen LogP contribution < -0.4 is 26.8 Å². The quantitative estimate of drug-likeness (QED) is 0.184. The van der Waals surface area contributed by atoms with E-state index in [4.69, 9.17) is 21.2 Å². The number of hydrogen-bond donors (Lipinski definition) is 4. The van der Waals surface area contributed by atoms with Crippen LogP contribution in [-0.2, 0) is 6.42 Å². The number of amides is 1. The predicted octanol–water partition coefficient (Wildman–Crippen LogP) is 3.21. The number of nitrogens with one attached hydrogen (secondary N) is 2. The van der Waals surface area contributed by atoms with Crippen molar-refractivity contribution in [2.75, 3.05) is 18.6 Å². The van der Waals surface area contributed by atoms with Gasteiger partial charge in [-0.05, 0) is 84.1 Å². The Kier molecular flexibility index (Phi) is 8.39. The number of ether oxygens (including phenoxy) is 1. The fourth-order valence-electron chi connectivity index (χ4n) is 5.36. The monoisotopic (exact) mass is 581 g/mol. The number of aromatic nitrogens is 6. The molecule has 2 heterocycles. The lowest BCUT2D eigenvalue weighted by atomic mass is 9.93. The van der Waals surface area contributed by atoms with E-state index in [9.17, 15) is 9.59 Å². The molecule has 43 heavy (non-hydrogen) atoms. The molecular weight excluding hydrogens is 546 g/mol. The van der Waals surface area contributed by atoms with Gasteiger partial charge in [-0.1, -0.05) is 30.3 Å². The first-order chi connectivity index (χ1) is 20.7. The fourth-order valence-corrected chi connectivity index (χ4v) is 5.36. The van der Waals surface area contributed by atoms with Gasteiger partial charge in [-0.15, -0.1) is 0 Å². The maximum absolute atomic E-state index is 12.2. The number of H-pyrrole nitrogens is 2. The van der Waals surface area contributed by atoms with Crippen LogP contribution in [0.1, 0.15) is 45.8 Å². The van der Waals surface area contributed by atoms with Crippen molar-refractivity contribution >= 4 is 11.6 Å². The first-order valence-corrected chi connectivity index (χ1v) is 13.9. The standard InChI is InChI=1S/C31H35N9O3/c1-18-12-22(29(33)41)13-19(2)25(18)14-23(32)17-39(20(3)30-34-16-26(35-30)21-8-6-5-7-9-21)24-10-11-27(28(15-24)43-4)40-31(42)36-37-38-40/h5-13,15-16,20,23H,14,17,32H2,1-4H3,(H2,33,41)(H,34,35)(H,36,38,42)/t20-,23-/m0/s1. The van der Waals surface area contributed by atoms with Gasteiger partial charge in [-0.3, -0.25) is 4.79 Å². The smallest absolute Gasteiger partial charge is 0.365 e. The number of carbonyl (C=O) groups is 1. The van der Waals surface area contributed by atoms with Crippen LogP contribution in [0.5, 0.6) is 5.75 Å². The number of nitrogens with two attached hydrogens (primary N) is 2. The maximum atomic E-state index is 12.2. The molecule has 2 aromatic heterocycles. The SMILES string of the molecule is COc1cc(N(C[C@@H](N)Cc2c(C)cc(C(N)=O)cc2C)[C@@H](C)c2ncc(-c3ccccc3)[nH]2)ccc1-n1nn[nH]c1=O. The zero-order chi connectivity index (χ0) is 30.7. The van der Waals surface area contributed by atoms with Crippen LogP contribution in [0.4, 0.5) is 5.69 Å². The average molecular weight is 582 g/mol. The highest BCUT2D eigenvalue weighted by Gasteiger charge is 2.24. The number of anilines is 1. The number of benzene rings is 3. The molecule has 12 nitrogen and oxygen atoms in total. The fraction of sp³-hybridized carbons (Fsp3) is 0.258. The summed E-state index contributed by atoms with van der Waals surface area (Å²) in [5.41, 5.74) is 18.6. The summed E-state index contributed by atoms with van der Waals surface area (Å²) in [5.74, 6) is 0.748. The largest absolute Gasteiger partial charge is 0.494 e. The third kappa shape index (κ3) is 6.19. The molecule has 0 fully saturated rings. The summed E-state index contributed by atoms with van der Waals surface area (Å²) in [7, 11) is 1.53. The molecule has 12 heteroatoms. The van der Waals surface area contributed by atoms with Crippen LogP contribution in [0, 0.1) is 13.8 Å². The molecule has 5 rings (SSSR count). The lowest BCUT2D eigenvalue weighted by Crippen LogP contribution is -2.41. The molecule has 222 valence electrons. The number of aryl methyl sites for hydroxylation is 2. The first kappa shape index (κ1) is 29.3. The van der Waals surface area contributed by atoms with Crippen LogP contribution in [-0.4, -0.2) is 55.8 Å². The minimum Gasteiger partial charge on any atom is -0.494 e. The molecule has 0 aliphatic carbocycles. The van der Waals surface area contributed by atoms with Crippen LogP contribution in [0.2, 0.25) is 0 Å². The third-order valence-electron chi connectivity index (χ3n) is 7.62. The van der Waals surface area contributed by atoms with Crippen molar-refractivity contribution in [1.29, 1.82) is 0 Å². The Morgan fingerprint density at radius 2 is 1.81 bits per heavy atom. The summed E-state index contributed by atoms with van der Waals surface area (Å²) in [6.45, 7) is 6.45. The highest BCUT2D eigenvalue weighted by Crippen LogP contribution is 2.33. The van der Waals surface area contributed by atoms with Crippen molar-refractivity contribution < 1.29 is 9.53 Å². The minimum absolute atomic E-state index is 0.215. The van der Waals surface area contributed by atoms with E-state index in [1.807, 2.05) is 62.5 Å². The van der Waals surface area contributed by atoms with Gasteiger partial charge < -0.3 is 26.1 Å². The van der Waals surface area contributed by atoms with Crippen LogP contribution in [0.3, 0.4) is 0 Å². The van der Waals surface area contributed by atoms with Gasteiger partial charge in [0.15, 0.2) is 0 Å². The maximum Gasteiger partial charge on any atom is 0.365 e. The van der Waals surface area contributed by atoms with Gasteiger partial charge in [0, 0.05) is 29.9 Å². The lowest BCUT2D eigenvalue weighted by Gasteiger charge is -2.33. The number of carbonyl (C=O) groups excluding carboxylic acids is 1. The number of methoxy groups -OCH3 is 1. The average Bonchev–Trinajstić information content (AvgIpc) is 3.67. The molecule has 0 aliphatic rings. The molecule has 2 atom stereocenters. The van der Waals surface area contributed by atoms with Gasteiger partial charge >= 0.3 is 5.69 Å². The van der Waals surface area contributed by atoms with Crippen LogP contribution >= 0.6 is 0 Å². The van der Waals surface area contributed by atoms with Gasteiger partial charge in [0.1, 0.15) is 17.3 Å². The summed E-state index contributed by atoms with van der Waals surface area (Å²) in [4.78, 5) is 34.3. The second-order valence-corrected chi connectivity index (χ2v) is 10.6. The topological polar surface area (TPSA) is 174 Å². The van der Waals surface area contributed by atoms with E-state index >= 15 is 0 Å². The second kappa shape index (κ2) is 12.3. The predicted molar refractivity (Wildman–Crippen MR) is 164 cm³/mol. The molecule has 0 bridgehead atoms. The molecule has 0 spiro atoms. The Balaban J connectivity index is 1.50. The highest BCUT2D eigenvalue weighted by molar-refractivity contribution is 5.93. The Morgan fingerprint density at radius 3 is 2.44 bits per heavy atom. The molecule has 0 unspecified atom stereocenters. The van der Waals surface area contributed by atoms with E-state index in [0.717, 1.165) is 44.1 Å². The summed E-state index contributed by atoms with van der Waals surface area (Å²) in [6.07, 6.45) is 2.41. The number of imidazole rings is 1. The van der Waals surface area contributed by atoms with Gasteiger partial charge in [0.05, 0.1) is 25.0 Å². The number of tetrazole rings is 1. The Bertz CT molecular complexity index is 1770. The molecule has 5 aromatic rings. The highest BCUT2D eigenvalue weighted by atomic mass is 16.5. The number of primary amides is 1. The van der Waals surface area contributed by atoms with E-state index in [1.165, 1.54) is 7.11 Å². The Hall–Kier alpha value is -5.23. The van der Waals surface area contributed by atoms with E-state index in [2.05, 4.69) is 32.3 Å². The van der Waals surface area contributed by atoms with Crippen LogP contribution in [0.25, 0.3) is 16.9 Å². The van der Waals surface area contributed by atoms with Gasteiger partial charge in [-0.25, -0.2) is 14.9 Å². The van der Waals surface area contributed by atoms with Crippen molar-refractivity contribution in [2.24, 2.45) is 11.5 Å². The first-order valence-electron chi connectivity index (χ1n) is 13.9. The zero-order valence-corrected chi connectivity index (χ0v) is 24.5. The van der Waals surface area contributed by atoms with Crippen molar-refractivity contribution in [2.45, 2.75) is 39.3 Å². The third-order valence-corrected chi connectivity index (χ3v) is 7.62. The molecule has 0 radical (unpaired) electrons. The van der Waals surface area contributed by atoms with Crippen molar-refractivity contribution in [1.82, 2.24) is 30.2 Å². The minimum atomic E-state index is -0.476. The van der Waals surface area contributed by atoms with Crippen molar-refractivity contribution in [3.63, 3.8) is 0 Å². The molecular formula is C31H35N9O3. The van der Waals surface area contributed by atoms with Gasteiger partial charge in [-0.2, -0.15) is 4.68 Å². The Morgan fingerprint density at radius 1 is 1.09 bits per heavy atom. The molecule has 1 amide bonds. The van der Waals surface area contributed by atoms with E-state index in [1.54, 1.807) is 18.2 Å². The molecule has 0 saturated heterocycles. The summed E-state index contributed by atoms with van der Waals surface area (Å²) < 4.78 is 6.81. The second-order valence-electron chi connectivity index (χ2n) is 10.6. The number of aromatic amines is 2. The van der Waals surface area contributed by atoms with E-state index in [-0.39, 0.29) is 12.1 Å². The molecule has 0 saturated carbocycles. The number of hydrogen-bond acceptors (Lipinski definition) is 8. The zero-order valence-electron chi connectivity index (χ0n) is 24.5. The molecule has 6 N–H and O–H groups in total. The lowest BCUT2D eigenvalue weighted by molar-refractivity contribution is 0.1000. The Labute approximate surface area is 248 Å². The number of nitrogens with zero attached hydrogens (tertiary/aromatic N) is 5. The van der Waals surface area contributed by atoms with Crippen LogP contribution in [0.15, 0.2) is 71.7 Å². The summed E-state index contributed by atoms with van der Waals surface area (Å²) in [6, 6.07) is 18.6. The number of rotatable bonds is 11. The summed E-state index contributed by atoms with van der Waals surface area (Å²) in [5, 5.41) is 9.75. The molecule has 3 aromatic carbocycles.